The molecule has 1 aromatic heterocycles. The number of aliphatic hydroxyl groups is 1. The number of anilines is 1. The zero-order valence-corrected chi connectivity index (χ0v) is 22.1. The van der Waals surface area contributed by atoms with Crippen LogP contribution in [0.25, 0.3) is 22.0 Å². The Bertz CT molecular complexity index is 1310. The van der Waals surface area contributed by atoms with Crippen LogP contribution >= 0.6 is 11.6 Å². The smallest absolute Gasteiger partial charge is 0.176 e. The van der Waals surface area contributed by atoms with Crippen LogP contribution in [0, 0.1) is 5.92 Å². The van der Waals surface area contributed by atoms with E-state index in [1.54, 1.807) is 25.3 Å². The van der Waals surface area contributed by atoms with Crippen LogP contribution < -0.4 is 10.1 Å². The molecule has 196 valence electrons. The SMILES string of the molecule is COc1cc(-c2ccc3ncc(C(C)=O)c(NC4CCC(CN5CCC(O)C5)CC4)c3c2)cc(Cl)c1O. The van der Waals surface area contributed by atoms with Gasteiger partial charge < -0.3 is 25.2 Å². The van der Waals surface area contributed by atoms with Gasteiger partial charge in [-0.05, 0) is 80.3 Å². The minimum Gasteiger partial charge on any atom is -0.503 e. The summed E-state index contributed by atoms with van der Waals surface area (Å²) in [6.45, 7) is 4.42. The van der Waals surface area contributed by atoms with Crippen molar-refractivity contribution in [3.05, 3.63) is 47.1 Å². The summed E-state index contributed by atoms with van der Waals surface area (Å²) in [7, 11) is 1.49. The zero-order chi connectivity index (χ0) is 26.1. The van der Waals surface area contributed by atoms with Crippen LogP contribution in [0.15, 0.2) is 36.5 Å². The molecule has 1 aliphatic heterocycles. The highest BCUT2D eigenvalue weighted by Gasteiger charge is 2.27. The third-order valence-electron chi connectivity index (χ3n) is 7.79. The second-order valence-corrected chi connectivity index (χ2v) is 10.8. The van der Waals surface area contributed by atoms with Gasteiger partial charge in [0.1, 0.15) is 0 Å². The number of Topliss-reactive ketones (excluding diaryl/α,β-unsaturated/α-hetero) is 1. The van der Waals surface area contributed by atoms with Crippen molar-refractivity contribution in [2.75, 3.05) is 32.1 Å². The Balaban J connectivity index is 1.41. The van der Waals surface area contributed by atoms with E-state index in [1.807, 2.05) is 18.2 Å². The summed E-state index contributed by atoms with van der Waals surface area (Å²) in [5.41, 5.74) is 3.89. The fourth-order valence-electron chi connectivity index (χ4n) is 5.73. The van der Waals surface area contributed by atoms with Gasteiger partial charge in [0.15, 0.2) is 17.3 Å². The fourth-order valence-corrected chi connectivity index (χ4v) is 5.94. The lowest BCUT2D eigenvalue weighted by molar-refractivity contribution is 0.101. The van der Waals surface area contributed by atoms with Crippen LogP contribution in [-0.4, -0.2) is 64.8 Å². The minimum absolute atomic E-state index is 0.0297. The lowest BCUT2D eigenvalue weighted by Gasteiger charge is -2.32. The number of benzene rings is 2. The molecule has 2 aromatic carbocycles. The van der Waals surface area contributed by atoms with Gasteiger partial charge >= 0.3 is 0 Å². The number of β-amino-alcohol motifs (C(OH)–C–C–N with tert-alkyl or cyclic N) is 1. The number of ether oxygens (including phenoxy) is 1. The van der Waals surface area contributed by atoms with E-state index >= 15 is 0 Å². The normalized spacial score (nSPS) is 22.3. The number of nitrogens with one attached hydrogen (secondary N) is 1. The second kappa shape index (κ2) is 10.9. The first-order chi connectivity index (χ1) is 17.8. The largest absolute Gasteiger partial charge is 0.503 e. The number of nitrogens with zero attached hydrogens (tertiary/aromatic N) is 2. The first kappa shape index (κ1) is 25.8. The van der Waals surface area contributed by atoms with E-state index < -0.39 is 0 Å². The van der Waals surface area contributed by atoms with Gasteiger partial charge in [-0.25, -0.2) is 0 Å². The number of aliphatic hydroxyl groups excluding tert-OH is 1. The van der Waals surface area contributed by atoms with Gasteiger partial charge in [0, 0.05) is 37.3 Å². The average Bonchev–Trinajstić information content (AvgIpc) is 3.30. The molecule has 1 saturated carbocycles. The van der Waals surface area contributed by atoms with Crippen molar-refractivity contribution in [2.45, 2.75) is 51.2 Å². The van der Waals surface area contributed by atoms with Crippen LogP contribution in [-0.2, 0) is 0 Å². The number of ketones is 1. The average molecular weight is 524 g/mol. The van der Waals surface area contributed by atoms with Crippen LogP contribution in [0.4, 0.5) is 5.69 Å². The van der Waals surface area contributed by atoms with Crippen molar-refractivity contribution < 1.29 is 19.7 Å². The van der Waals surface area contributed by atoms with Gasteiger partial charge in [-0.15, -0.1) is 0 Å². The number of carbonyl (C=O) groups excluding carboxylic acids is 1. The maximum atomic E-state index is 12.6. The number of pyridine rings is 1. The van der Waals surface area contributed by atoms with Crippen LogP contribution in [0.3, 0.4) is 0 Å². The molecule has 2 aliphatic rings. The predicted molar refractivity (Wildman–Crippen MR) is 147 cm³/mol. The Morgan fingerprint density at radius 1 is 1.16 bits per heavy atom. The zero-order valence-electron chi connectivity index (χ0n) is 21.3. The summed E-state index contributed by atoms with van der Waals surface area (Å²) < 4.78 is 5.29. The summed E-state index contributed by atoms with van der Waals surface area (Å²) in [6, 6.07) is 9.64. The Hall–Kier alpha value is -2.87. The first-order valence-corrected chi connectivity index (χ1v) is 13.4. The highest BCUT2D eigenvalue weighted by molar-refractivity contribution is 6.32. The molecule has 2 heterocycles. The number of fused-ring (bicyclic) bond motifs is 1. The predicted octanol–water partition coefficient (Wildman–Crippen LogP) is 5.51. The van der Waals surface area contributed by atoms with Gasteiger partial charge in [0.05, 0.1) is 35.0 Å². The van der Waals surface area contributed by atoms with Crippen molar-refractivity contribution >= 4 is 34.0 Å². The van der Waals surface area contributed by atoms with E-state index in [9.17, 15) is 15.0 Å². The Kier molecular flexibility index (Phi) is 7.56. The number of rotatable bonds is 7. The molecular weight excluding hydrogens is 490 g/mol. The summed E-state index contributed by atoms with van der Waals surface area (Å²) in [5.74, 6) is 0.827. The van der Waals surface area contributed by atoms with E-state index in [2.05, 4.69) is 15.2 Å². The molecule has 0 bridgehead atoms. The van der Waals surface area contributed by atoms with Crippen molar-refractivity contribution in [2.24, 2.45) is 5.92 Å². The summed E-state index contributed by atoms with van der Waals surface area (Å²) in [6.07, 6.45) is 6.69. The number of hydrogen-bond acceptors (Lipinski definition) is 7. The van der Waals surface area contributed by atoms with Gasteiger partial charge in [-0.1, -0.05) is 17.7 Å². The Labute approximate surface area is 222 Å². The van der Waals surface area contributed by atoms with E-state index in [1.165, 1.54) is 7.11 Å². The highest BCUT2D eigenvalue weighted by atomic mass is 35.5. The van der Waals surface area contributed by atoms with Crippen LogP contribution in [0.1, 0.15) is 49.4 Å². The quantitative estimate of drug-likeness (QED) is 0.351. The van der Waals surface area contributed by atoms with Crippen molar-refractivity contribution in [1.82, 2.24) is 9.88 Å². The summed E-state index contributed by atoms with van der Waals surface area (Å²) in [5, 5.41) is 24.8. The summed E-state index contributed by atoms with van der Waals surface area (Å²) in [4.78, 5) is 19.5. The molecular formula is C29H34ClN3O4. The molecule has 0 spiro atoms. The molecule has 0 amide bonds. The molecule has 7 nitrogen and oxygen atoms in total. The minimum atomic E-state index is -0.174. The van der Waals surface area contributed by atoms with Gasteiger partial charge in [-0.2, -0.15) is 0 Å². The van der Waals surface area contributed by atoms with Gasteiger partial charge in [0.25, 0.3) is 0 Å². The third kappa shape index (κ3) is 5.54. The molecule has 1 unspecified atom stereocenters. The van der Waals surface area contributed by atoms with Gasteiger partial charge in [0.2, 0.25) is 0 Å². The van der Waals surface area contributed by atoms with Crippen LogP contribution in [0.5, 0.6) is 11.5 Å². The number of hydrogen-bond donors (Lipinski definition) is 3. The summed E-state index contributed by atoms with van der Waals surface area (Å²) >= 11 is 6.25. The standard InChI is InChI=1S/C29H34ClN3O4/c1-17(34)24-14-31-26-8-5-19(20-12-25(30)29(36)27(13-20)37-2)11-23(26)28(24)32-21-6-3-18(4-7-21)15-33-10-9-22(35)16-33/h5,8,11-14,18,21-22,35-36H,3-4,6-7,9-10,15-16H2,1-2H3,(H,31,32). The number of halogens is 1. The molecule has 3 N–H and O–H groups in total. The topological polar surface area (TPSA) is 94.9 Å². The molecule has 2 fully saturated rings. The first-order valence-electron chi connectivity index (χ1n) is 13.0. The fraction of sp³-hybridized carbons (Fsp3) is 0.448. The van der Waals surface area contributed by atoms with E-state index in [4.69, 9.17) is 16.3 Å². The van der Waals surface area contributed by atoms with Crippen LogP contribution in [0.2, 0.25) is 5.02 Å². The maximum absolute atomic E-state index is 12.6. The number of phenolic OH excluding ortho intramolecular Hbond substituents is 1. The number of phenols is 1. The molecule has 5 rings (SSSR count). The Morgan fingerprint density at radius 3 is 2.62 bits per heavy atom. The number of aromatic hydroxyl groups is 1. The number of methoxy groups -OCH3 is 1. The van der Waals surface area contributed by atoms with Crippen molar-refractivity contribution in [3.8, 4) is 22.6 Å². The molecule has 1 aliphatic carbocycles. The van der Waals surface area contributed by atoms with E-state index in [0.717, 1.165) is 79.5 Å². The lowest BCUT2D eigenvalue weighted by Crippen LogP contribution is -2.33. The molecule has 8 heteroatoms. The van der Waals surface area contributed by atoms with Crippen molar-refractivity contribution in [1.29, 1.82) is 0 Å². The van der Waals surface area contributed by atoms with E-state index in [-0.39, 0.29) is 28.7 Å². The third-order valence-corrected chi connectivity index (χ3v) is 8.08. The maximum Gasteiger partial charge on any atom is 0.176 e. The van der Waals surface area contributed by atoms with E-state index in [0.29, 0.717) is 17.2 Å². The number of aromatic nitrogens is 1. The van der Waals surface area contributed by atoms with Gasteiger partial charge in [-0.3, -0.25) is 9.78 Å². The molecule has 1 saturated heterocycles. The number of likely N-dealkylation sites (tertiary alicyclic amines) is 1. The number of carbonyl (C=O) groups is 1. The Morgan fingerprint density at radius 2 is 1.95 bits per heavy atom. The van der Waals surface area contributed by atoms with Crippen molar-refractivity contribution in [3.63, 3.8) is 0 Å². The monoisotopic (exact) mass is 523 g/mol. The molecule has 0 radical (unpaired) electrons. The lowest BCUT2D eigenvalue weighted by atomic mass is 9.85. The molecule has 37 heavy (non-hydrogen) atoms. The molecule has 1 atom stereocenters. The second-order valence-electron chi connectivity index (χ2n) is 10.4. The molecule has 3 aromatic rings. The highest BCUT2D eigenvalue weighted by Crippen LogP contribution is 2.40.